The van der Waals surface area contributed by atoms with Gasteiger partial charge in [-0.05, 0) is 116 Å². The zero-order chi connectivity index (χ0) is 64.9. The summed E-state index contributed by atoms with van der Waals surface area (Å²) < 4.78 is 73.6. The summed E-state index contributed by atoms with van der Waals surface area (Å²) >= 11 is 0. The summed E-state index contributed by atoms with van der Waals surface area (Å²) in [6.07, 6.45) is 12.1. The number of likely N-dealkylation sites (tertiary alicyclic amines) is 3. The van der Waals surface area contributed by atoms with E-state index in [2.05, 4.69) is 120 Å². The summed E-state index contributed by atoms with van der Waals surface area (Å²) in [7, 11) is 4.16. The maximum Gasteiger partial charge on any atom is 0.390 e. The Morgan fingerprint density at radius 2 is 0.967 bits per heavy atom. The largest absolute Gasteiger partial charge is 0.390 e. The Morgan fingerprint density at radius 1 is 0.538 bits per heavy atom. The Kier molecular flexibility index (Phi) is 17.3. The van der Waals surface area contributed by atoms with Crippen LogP contribution in [0.4, 0.5) is 39.8 Å². The number of anilines is 3. The zero-order valence-corrected chi connectivity index (χ0v) is 51.3. The van der Waals surface area contributed by atoms with Crippen molar-refractivity contribution in [2.45, 2.75) is 101 Å². The summed E-state index contributed by atoms with van der Waals surface area (Å²) in [5, 5.41) is 32.7. The van der Waals surface area contributed by atoms with Gasteiger partial charge in [-0.2, -0.15) is 13.2 Å². The number of rotatable bonds is 9. The maximum absolute atomic E-state index is 14.8. The SMILES string of the molecule is CC(O)(C#Cc1cc2c(-c3nc(N)ncc3F)cn(C3CCN(CCC(F)(F)F)C3)c2cn1)C1CC1.CN1CC(n2cc(-c3ccnc(N)n3)c3cc(C#CC(C)(C)O)ncc32)C1.CN1CC(n2cc(-c3nc(N)ncc3F)c3cc(C#CC(C)(C)O)ncc32)C1. The Hall–Kier alpha value is -9.20. The van der Waals surface area contributed by atoms with Crippen molar-refractivity contribution >= 4 is 50.6 Å². The third-order valence-electron chi connectivity index (χ3n) is 16.2. The molecule has 9 aromatic heterocycles. The molecule has 0 bridgehead atoms. The molecule has 4 aliphatic rings. The predicted octanol–water partition coefficient (Wildman–Crippen LogP) is 7.43. The molecule has 9 aromatic rings. The lowest BCUT2D eigenvalue weighted by molar-refractivity contribution is -0.137. The maximum atomic E-state index is 14.8. The highest BCUT2D eigenvalue weighted by molar-refractivity contribution is 5.97. The van der Waals surface area contributed by atoms with Gasteiger partial charge in [0.05, 0.1) is 71.7 Å². The van der Waals surface area contributed by atoms with Crippen LogP contribution in [0, 0.1) is 53.1 Å². The first-order valence-electron chi connectivity index (χ1n) is 29.6. The van der Waals surface area contributed by atoms with Gasteiger partial charge in [-0.3, -0.25) is 0 Å². The second-order valence-electron chi connectivity index (χ2n) is 24.9. The molecule has 91 heavy (non-hydrogen) atoms. The monoisotopic (exact) mass is 1240 g/mol. The van der Waals surface area contributed by atoms with E-state index in [-0.39, 0.29) is 53.8 Å². The number of halogens is 5. The molecule has 0 amide bonds. The lowest BCUT2D eigenvalue weighted by Crippen LogP contribution is -2.44. The molecule has 1 aliphatic carbocycles. The fourth-order valence-electron chi connectivity index (χ4n) is 11.4. The third-order valence-corrected chi connectivity index (χ3v) is 16.2. The molecular formula is C65H69F5N18O3. The molecule has 2 atom stereocenters. The predicted molar refractivity (Wildman–Crippen MR) is 336 cm³/mol. The number of alkyl halides is 3. The van der Waals surface area contributed by atoms with Crippen molar-refractivity contribution in [3.63, 3.8) is 0 Å². The highest BCUT2D eigenvalue weighted by atomic mass is 19.4. The van der Waals surface area contributed by atoms with Crippen molar-refractivity contribution in [3.05, 3.63) is 109 Å². The number of aliphatic hydroxyl groups is 3. The second-order valence-corrected chi connectivity index (χ2v) is 24.9. The van der Waals surface area contributed by atoms with E-state index in [0.717, 1.165) is 84.5 Å². The summed E-state index contributed by atoms with van der Waals surface area (Å²) in [4.78, 5) is 43.6. The van der Waals surface area contributed by atoms with Crippen molar-refractivity contribution in [2.24, 2.45) is 5.92 Å². The van der Waals surface area contributed by atoms with Gasteiger partial charge in [0, 0.05) is 109 Å². The molecule has 0 spiro atoms. The highest BCUT2D eigenvalue weighted by Crippen LogP contribution is 2.41. The Bertz CT molecular complexity index is 4420. The summed E-state index contributed by atoms with van der Waals surface area (Å²) in [6, 6.07) is 7.86. The van der Waals surface area contributed by atoms with E-state index in [0.29, 0.717) is 64.7 Å². The van der Waals surface area contributed by atoms with E-state index >= 15 is 0 Å². The second kappa shape index (κ2) is 24.9. The Morgan fingerprint density at radius 3 is 1.40 bits per heavy atom. The number of likely N-dealkylation sites (N-methyl/N-ethyl adjacent to an activating group) is 2. The molecule has 9 N–H and O–H groups in total. The van der Waals surface area contributed by atoms with Gasteiger partial charge >= 0.3 is 6.18 Å². The van der Waals surface area contributed by atoms with Crippen LogP contribution in [-0.4, -0.2) is 171 Å². The Balaban J connectivity index is 0.000000142. The lowest BCUT2D eigenvalue weighted by Gasteiger charge is -2.37. The molecule has 21 nitrogen and oxygen atoms in total. The average Bonchev–Trinajstić information content (AvgIpc) is 1.63. The molecule has 4 fully saturated rings. The van der Waals surface area contributed by atoms with Crippen LogP contribution in [0.1, 0.15) is 95.5 Å². The minimum absolute atomic E-state index is 0.0109. The molecule has 3 aliphatic heterocycles. The van der Waals surface area contributed by atoms with Crippen LogP contribution in [0.25, 0.3) is 66.5 Å². The molecule has 472 valence electrons. The molecule has 26 heteroatoms. The van der Waals surface area contributed by atoms with Gasteiger partial charge in [0.2, 0.25) is 17.8 Å². The van der Waals surface area contributed by atoms with Gasteiger partial charge in [0.25, 0.3) is 0 Å². The first-order chi connectivity index (χ1) is 43.0. The van der Waals surface area contributed by atoms with Crippen molar-refractivity contribution in [1.82, 2.24) is 73.3 Å². The standard InChI is InChI=1S/C25H26F4N6O.C20H21FN6O.C20H22N6O/c1-24(36,15-2-3-15)6-4-16-10-18-19(22-20(26)11-32-23(30)33-22)14-35(21(18)12-31-16)17-5-8-34(13-17)9-7-25(27,28)29;1-20(2,28)5-4-12-6-14-15(18-16(21)7-24-19(22)25-18)11-27(17(14)8-23-12)13-9-26(3)10-13;1-20(2,27)6-4-13-8-15-16(17-5-7-22-19(21)24-17)12-26(18(15)9-23-13)14-10-25(3)11-14/h10-12,14-15,17,36H,2-3,5,7-9,13H2,1H3,(H2,30,32,33);6-8,11,13,28H,9-10H2,1-3H3,(H2,22,24,25);5,7-9,12,14,27H,10-11H2,1-3H3,(H2,21,22,24). The van der Waals surface area contributed by atoms with Crippen LogP contribution >= 0.6 is 0 Å². The number of hydrogen-bond acceptors (Lipinski definition) is 18. The first kappa shape index (κ1) is 63.4. The Labute approximate surface area is 521 Å². The van der Waals surface area contributed by atoms with Crippen LogP contribution in [-0.2, 0) is 0 Å². The van der Waals surface area contributed by atoms with Crippen LogP contribution in [0.15, 0.2) is 80.0 Å². The van der Waals surface area contributed by atoms with E-state index in [1.165, 1.54) is 0 Å². The van der Waals surface area contributed by atoms with Gasteiger partial charge < -0.3 is 60.9 Å². The average molecular weight is 1250 g/mol. The number of aromatic nitrogens is 12. The van der Waals surface area contributed by atoms with E-state index in [1.54, 1.807) is 76.4 Å². The fraction of sp³-hybridized carbons (Fsp3) is 0.400. The molecular weight excluding hydrogens is 1180 g/mol. The van der Waals surface area contributed by atoms with Crippen molar-refractivity contribution in [1.29, 1.82) is 0 Å². The number of nitrogen functional groups attached to an aromatic ring is 3. The van der Waals surface area contributed by atoms with Crippen molar-refractivity contribution in [3.8, 4) is 69.3 Å². The number of nitrogens with zero attached hydrogens (tertiary/aromatic N) is 15. The minimum Gasteiger partial charge on any atom is -0.378 e. The van der Waals surface area contributed by atoms with E-state index < -0.39 is 41.0 Å². The van der Waals surface area contributed by atoms with Crippen LogP contribution < -0.4 is 17.2 Å². The summed E-state index contributed by atoms with van der Waals surface area (Å²) in [6.45, 7) is 12.9. The topological polar surface area (TPSA) is 279 Å². The minimum atomic E-state index is -4.21. The summed E-state index contributed by atoms with van der Waals surface area (Å²) in [5.41, 5.74) is 21.0. The molecule has 0 aromatic carbocycles. The third kappa shape index (κ3) is 14.9. The fourth-order valence-corrected chi connectivity index (χ4v) is 11.4. The number of pyridine rings is 3. The smallest absolute Gasteiger partial charge is 0.378 e. The van der Waals surface area contributed by atoms with E-state index in [1.807, 2.05) is 29.1 Å². The van der Waals surface area contributed by atoms with Gasteiger partial charge in [0.15, 0.2) is 11.6 Å². The van der Waals surface area contributed by atoms with Gasteiger partial charge in [-0.1, -0.05) is 17.8 Å². The van der Waals surface area contributed by atoms with Gasteiger partial charge in [0.1, 0.15) is 45.3 Å². The molecule has 2 unspecified atom stereocenters. The van der Waals surface area contributed by atoms with Gasteiger partial charge in [-0.25, -0.2) is 53.6 Å². The van der Waals surface area contributed by atoms with Crippen LogP contribution in [0.3, 0.4) is 0 Å². The number of nitrogens with two attached hydrogens (primary N) is 3. The first-order valence-corrected chi connectivity index (χ1v) is 29.6. The normalized spacial score (nSPS) is 17.3. The molecule has 1 saturated carbocycles. The molecule has 0 radical (unpaired) electrons. The lowest BCUT2D eigenvalue weighted by atomic mass is 10.0. The van der Waals surface area contributed by atoms with E-state index in [4.69, 9.17) is 17.2 Å². The zero-order valence-electron chi connectivity index (χ0n) is 51.3. The number of hydrogen-bond donors (Lipinski definition) is 6. The molecule has 3 saturated heterocycles. The quantitative estimate of drug-likeness (QED) is 0.0605. The van der Waals surface area contributed by atoms with E-state index in [9.17, 15) is 37.3 Å². The summed E-state index contributed by atoms with van der Waals surface area (Å²) in [5.74, 6) is 16.3. The van der Waals surface area contributed by atoms with Crippen molar-refractivity contribution < 1.29 is 37.3 Å². The highest BCUT2D eigenvalue weighted by Gasteiger charge is 2.39. The molecule has 13 rings (SSSR count). The van der Waals surface area contributed by atoms with Gasteiger partial charge in [-0.15, -0.1) is 0 Å². The van der Waals surface area contributed by atoms with Crippen LogP contribution in [0.5, 0.6) is 0 Å². The molecule has 12 heterocycles. The number of fused-ring (bicyclic) bond motifs is 3. The van der Waals surface area contributed by atoms with Crippen molar-refractivity contribution in [2.75, 3.05) is 77.1 Å². The van der Waals surface area contributed by atoms with Crippen LogP contribution in [0.2, 0.25) is 0 Å².